The van der Waals surface area contributed by atoms with Crippen LogP contribution < -0.4 is 10.2 Å². The van der Waals surface area contributed by atoms with E-state index in [-0.39, 0.29) is 30.4 Å². The van der Waals surface area contributed by atoms with Gasteiger partial charge < -0.3 is 15.3 Å². The maximum absolute atomic E-state index is 12.5. The van der Waals surface area contributed by atoms with E-state index in [1.54, 1.807) is 18.5 Å². The Labute approximate surface area is 132 Å². The predicted octanol–water partition coefficient (Wildman–Crippen LogP) is 1.22. The number of rotatable bonds is 6. The molecule has 22 heavy (non-hydrogen) atoms. The molecular weight excluding hydrogens is 280 g/mol. The Bertz CT molecular complexity index is 468. The second-order valence-electron chi connectivity index (χ2n) is 6.02. The van der Waals surface area contributed by atoms with Crippen LogP contribution in [0.2, 0.25) is 0 Å². The van der Waals surface area contributed by atoms with Gasteiger partial charge in [0.2, 0.25) is 11.9 Å². The van der Waals surface area contributed by atoms with Crippen LogP contribution in [0.4, 0.5) is 5.95 Å². The highest BCUT2D eigenvalue weighted by Crippen LogP contribution is 2.20. The molecule has 1 saturated heterocycles. The number of aliphatic hydroxyl groups excluding tert-OH is 1. The maximum Gasteiger partial charge on any atom is 0.225 e. The summed E-state index contributed by atoms with van der Waals surface area (Å²) in [4.78, 5) is 23.1. The van der Waals surface area contributed by atoms with Gasteiger partial charge in [0.25, 0.3) is 0 Å². The van der Waals surface area contributed by atoms with Crippen molar-refractivity contribution in [3.8, 4) is 0 Å². The van der Waals surface area contributed by atoms with Crippen molar-refractivity contribution in [2.24, 2.45) is 11.8 Å². The van der Waals surface area contributed by atoms with Crippen LogP contribution >= 0.6 is 0 Å². The lowest BCUT2D eigenvalue weighted by molar-refractivity contribution is -0.126. The number of amides is 1. The summed E-state index contributed by atoms with van der Waals surface area (Å²) in [5.41, 5.74) is 0. The molecule has 1 amide bonds. The van der Waals surface area contributed by atoms with Crippen LogP contribution in [0.3, 0.4) is 0 Å². The van der Waals surface area contributed by atoms with E-state index < -0.39 is 0 Å². The molecule has 1 unspecified atom stereocenters. The van der Waals surface area contributed by atoms with Gasteiger partial charge in [-0.05, 0) is 24.8 Å². The minimum atomic E-state index is -0.166. The quantitative estimate of drug-likeness (QED) is 0.826. The molecule has 2 N–H and O–H groups in total. The average molecular weight is 306 g/mol. The van der Waals surface area contributed by atoms with E-state index >= 15 is 0 Å². The molecule has 0 aliphatic carbocycles. The molecule has 3 atom stereocenters. The second-order valence-corrected chi connectivity index (χ2v) is 6.02. The molecule has 1 aromatic rings. The molecule has 122 valence electrons. The fourth-order valence-electron chi connectivity index (χ4n) is 2.78. The van der Waals surface area contributed by atoms with Gasteiger partial charge in [0.15, 0.2) is 0 Å². The number of aromatic nitrogens is 2. The lowest BCUT2D eigenvalue weighted by atomic mass is 9.95. The highest BCUT2D eigenvalue weighted by molar-refractivity contribution is 5.79. The average Bonchev–Trinajstić information content (AvgIpc) is 2.59. The molecule has 0 aromatic carbocycles. The summed E-state index contributed by atoms with van der Waals surface area (Å²) in [6.45, 7) is 5.61. The van der Waals surface area contributed by atoms with Crippen LogP contribution in [-0.4, -0.2) is 46.7 Å². The Morgan fingerprint density at radius 1 is 1.50 bits per heavy atom. The molecule has 0 bridgehead atoms. The molecule has 6 nitrogen and oxygen atoms in total. The summed E-state index contributed by atoms with van der Waals surface area (Å²) < 4.78 is 0. The van der Waals surface area contributed by atoms with Crippen LogP contribution in [0.5, 0.6) is 0 Å². The van der Waals surface area contributed by atoms with Gasteiger partial charge in [-0.25, -0.2) is 9.97 Å². The molecule has 1 aliphatic heterocycles. The maximum atomic E-state index is 12.5. The highest BCUT2D eigenvalue weighted by Gasteiger charge is 2.29. The predicted molar refractivity (Wildman–Crippen MR) is 85.4 cm³/mol. The van der Waals surface area contributed by atoms with Gasteiger partial charge in [-0.2, -0.15) is 0 Å². The van der Waals surface area contributed by atoms with E-state index in [0.717, 1.165) is 25.8 Å². The normalized spacial score (nSPS) is 21.2. The minimum Gasteiger partial charge on any atom is -0.394 e. The van der Waals surface area contributed by atoms with Gasteiger partial charge in [-0.1, -0.05) is 20.3 Å². The van der Waals surface area contributed by atoms with Crippen LogP contribution in [-0.2, 0) is 4.79 Å². The van der Waals surface area contributed by atoms with Gasteiger partial charge in [0.05, 0.1) is 18.6 Å². The Balaban J connectivity index is 1.95. The monoisotopic (exact) mass is 306 g/mol. The molecular formula is C16H26N4O2. The number of nitrogens with one attached hydrogen (secondary N) is 1. The van der Waals surface area contributed by atoms with Gasteiger partial charge in [0.1, 0.15) is 0 Å². The molecule has 1 fully saturated rings. The van der Waals surface area contributed by atoms with Crippen molar-refractivity contribution in [1.82, 2.24) is 15.3 Å². The summed E-state index contributed by atoms with van der Waals surface area (Å²) >= 11 is 0. The molecule has 0 radical (unpaired) electrons. The van der Waals surface area contributed by atoms with Gasteiger partial charge in [0, 0.05) is 25.5 Å². The highest BCUT2D eigenvalue weighted by atomic mass is 16.3. The molecule has 0 saturated carbocycles. The van der Waals surface area contributed by atoms with Crippen LogP contribution in [0.15, 0.2) is 18.5 Å². The number of aliphatic hydroxyl groups is 1. The molecule has 2 rings (SSSR count). The first-order chi connectivity index (χ1) is 10.7. The number of anilines is 1. The Kier molecular flexibility index (Phi) is 6.12. The number of carbonyl (C=O) groups excluding carboxylic acids is 1. The first kappa shape index (κ1) is 16.7. The molecule has 0 spiro atoms. The smallest absolute Gasteiger partial charge is 0.225 e. The Morgan fingerprint density at radius 3 is 2.86 bits per heavy atom. The molecule has 2 heterocycles. The fraction of sp³-hybridized carbons (Fsp3) is 0.688. The summed E-state index contributed by atoms with van der Waals surface area (Å²) in [5.74, 6) is 0.905. The van der Waals surface area contributed by atoms with Crippen molar-refractivity contribution in [2.75, 3.05) is 24.6 Å². The van der Waals surface area contributed by atoms with E-state index in [4.69, 9.17) is 0 Å². The number of hydrogen-bond acceptors (Lipinski definition) is 5. The largest absolute Gasteiger partial charge is 0.394 e. The third kappa shape index (κ3) is 4.16. The number of hydrogen-bond donors (Lipinski definition) is 2. The number of carbonyl (C=O) groups is 1. The summed E-state index contributed by atoms with van der Waals surface area (Å²) in [6, 6.07) is 1.62. The summed E-state index contributed by atoms with van der Waals surface area (Å²) in [5, 5.41) is 12.5. The topological polar surface area (TPSA) is 78.4 Å². The van der Waals surface area contributed by atoms with Crippen molar-refractivity contribution in [2.45, 2.75) is 39.2 Å². The fourth-order valence-corrected chi connectivity index (χ4v) is 2.78. The summed E-state index contributed by atoms with van der Waals surface area (Å²) in [7, 11) is 0. The Hall–Kier alpha value is -1.69. The number of nitrogens with zero attached hydrogens (tertiary/aromatic N) is 3. The van der Waals surface area contributed by atoms with Crippen molar-refractivity contribution in [1.29, 1.82) is 0 Å². The van der Waals surface area contributed by atoms with Crippen LogP contribution in [0, 0.1) is 11.8 Å². The molecule has 1 aliphatic rings. The summed E-state index contributed by atoms with van der Waals surface area (Å²) in [6.07, 6.45) is 6.19. The van der Waals surface area contributed by atoms with Crippen LogP contribution in [0.25, 0.3) is 0 Å². The van der Waals surface area contributed by atoms with Gasteiger partial charge in [-0.15, -0.1) is 0 Å². The van der Waals surface area contributed by atoms with Crippen molar-refractivity contribution >= 4 is 11.9 Å². The van der Waals surface area contributed by atoms with Gasteiger partial charge >= 0.3 is 0 Å². The first-order valence-corrected chi connectivity index (χ1v) is 8.08. The standard InChI is InChI=1S/C16H26N4O2/c1-3-12(2)14(11-21)19-15(22)13-6-4-9-20(10-13)16-17-7-5-8-18-16/h5,7-8,12-14,21H,3-4,6,9-11H2,1-2H3,(H,19,22)/t12-,13?,14-/m1/s1. The first-order valence-electron chi connectivity index (χ1n) is 8.08. The lowest BCUT2D eigenvalue weighted by Gasteiger charge is -2.33. The van der Waals surface area contributed by atoms with Crippen molar-refractivity contribution in [3.05, 3.63) is 18.5 Å². The van der Waals surface area contributed by atoms with E-state index in [1.165, 1.54) is 0 Å². The minimum absolute atomic E-state index is 0.0149. The van der Waals surface area contributed by atoms with Gasteiger partial charge in [-0.3, -0.25) is 4.79 Å². The zero-order valence-electron chi connectivity index (χ0n) is 13.4. The van der Waals surface area contributed by atoms with E-state index in [9.17, 15) is 9.90 Å². The second kappa shape index (κ2) is 8.08. The zero-order valence-corrected chi connectivity index (χ0v) is 13.4. The number of piperidine rings is 1. The lowest BCUT2D eigenvalue weighted by Crippen LogP contribution is -2.49. The van der Waals surface area contributed by atoms with E-state index in [0.29, 0.717) is 12.5 Å². The van der Waals surface area contributed by atoms with Crippen molar-refractivity contribution in [3.63, 3.8) is 0 Å². The third-order valence-corrected chi connectivity index (χ3v) is 4.48. The molecule has 1 aromatic heterocycles. The molecule has 6 heteroatoms. The zero-order chi connectivity index (χ0) is 15.9. The third-order valence-electron chi connectivity index (χ3n) is 4.48. The van der Waals surface area contributed by atoms with E-state index in [1.807, 2.05) is 6.92 Å². The Morgan fingerprint density at radius 2 is 2.23 bits per heavy atom. The SMILES string of the molecule is CC[C@@H](C)[C@@H](CO)NC(=O)C1CCCN(c2ncccn2)C1. The van der Waals surface area contributed by atoms with E-state index in [2.05, 4.69) is 27.1 Å². The van der Waals surface area contributed by atoms with Crippen molar-refractivity contribution < 1.29 is 9.90 Å². The van der Waals surface area contributed by atoms with Crippen LogP contribution in [0.1, 0.15) is 33.1 Å².